The first-order valence-corrected chi connectivity index (χ1v) is 7.35. The van der Waals surface area contributed by atoms with Crippen molar-refractivity contribution < 1.29 is 14.2 Å². The summed E-state index contributed by atoms with van der Waals surface area (Å²) >= 11 is 0. The number of rotatable bonds is 8. The van der Waals surface area contributed by atoms with Crippen molar-refractivity contribution in [2.45, 2.75) is 38.5 Å². The molecule has 0 aromatic heterocycles. The van der Waals surface area contributed by atoms with Crippen molar-refractivity contribution in [3.8, 4) is 5.75 Å². The van der Waals surface area contributed by atoms with Crippen LogP contribution in [0.2, 0.25) is 0 Å². The van der Waals surface area contributed by atoms with Crippen LogP contribution in [0.4, 0.5) is 0 Å². The third kappa shape index (κ3) is 5.12. The molecule has 4 heteroatoms. The Bertz CT molecular complexity index is 397. The molecule has 1 aromatic carbocycles. The Labute approximate surface area is 121 Å². The van der Waals surface area contributed by atoms with Gasteiger partial charge in [0.05, 0.1) is 18.8 Å². The Morgan fingerprint density at radius 2 is 2.25 bits per heavy atom. The molecule has 1 saturated heterocycles. The van der Waals surface area contributed by atoms with E-state index in [1.54, 1.807) is 7.11 Å². The molecule has 20 heavy (non-hydrogen) atoms. The fourth-order valence-corrected chi connectivity index (χ4v) is 2.35. The molecule has 0 saturated carbocycles. The summed E-state index contributed by atoms with van der Waals surface area (Å²) in [5, 5.41) is 3.33. The number of hydrogen-bond acceptors (Lipinski definition) is 4. The van der Waals surface area contributed by atoms with E-state index in [0.29, 0.717) is 12.7 Å². The van der Waals surface area contributed by atoms with Crippen LogP contribution in [-0.4, -0.2) is 39.1 Å². The normalized spacial score (nSPS) is 22.1. The van der Waals surface area contributed by atoms with Crippen molar-refractivity contribution in [1.82, 2.24) is 5.32 Å². The maximum Gasteiger partial charge on any atom is 0.119 e. The molecule has 1 aromatic rings. The molecule has 0 amide bonds. The summed E-state index contributed by atoms with van der Waals surface area (Å²) in [6.07, 6.45) is 2.85. The molecule has 1 N–H and O–H groups in total. The van der Waals surface area contributed by atoms with E-state index < -0.39 is 0 Å². The lowest BCUT2D eigenvalue weighted by molar-refractivity contribution is 0.0264. The quantitative estimate of drug-likeness (QED) is 0.742. The van der Waals surface area contributed by atoms with Gasteiger partial charge in [-0.2, -0.15) is 0 Å². The lowest BCUT2D eigenvalue weighted by atomic mass is 10.2. The minimum atomic E-state index is 0.244. The maximum atomic E-state index is 5.83. The molecule has 1 fully saturated rings. The summed E-state index contributed by atoms with van der Waals surface area (Å²) in [4.78, 5) is 0. The van der Waals surface area contributed by atoms with Gasteiger partial charge in [0.1, 0.15) is 12.4 Å². The van der Waals surface area contributed by atoms with E-state index in [4.69, 9.17) is 14.2 Å². The van der Waals surface area contributed by atoms with Gasteiger partial charge in [0.15, 0.2) is 0 Å². The SMILES string of the molecule is COCCNCc1cccc(OCC2CCC(C)O2)c1. The van der Waals surface area contributed by atoms with E-state index in [-0.39, 0.29) is 6.10 Å². The van der Waals surface area contributed by atoms with Crippen LogP contribution in [0.15, 0.2) is 24.3 Å². The van der Waals surface area contributed by atoms with Gasteiger partial charge in [0.2, 0.25) is 0 Å². The van der Waals surface area contributed by atoms with E-state index in [9.17, 15) is 0 Å². The second-order valence-corrected chi connectivity index (χ2v) is 5.27. The van der Waals surface area contributed by atoms with Crippen LogP contribution >= 0.6 is 0 Å². The maximum absolute atomic E-state index is 5.83. The highest BCUT2D eigenvalue weighted by molar-refractivity contribution is 5.28. The molecule has 2 unspecified atom stereocenters. The molecule has 1 heterocycles. The molecule has 1 aliphatic heterocycles. The number of nitrogens with one attached hydrogen (secondary N) is 1. The van der Waals surface area contributed by atoms with Crippen LogP contribution in [0.25, 0.3) is 0 Å². The largest absolute Gasteiger partial charge is 0.491 e. The topological polar surface area (TPSA) is 39.7 Å². The van der Waals surface area contributed by atoms with Crippen molar-refractivity contribution in [1.29, 1.82) is 0 Å². The zero-order valence-electron chi connectivity index (χ0n) is 12.4. The molecule has 0 aliphatic carbocycles. The summed E-state index contributed by atoms with van der Waals surface area (Å²) in [5.41, 5.74) is 1.22. The molecule has 0 bridgehead atoms. The summed E-state index contributed by atoms with van der Waals surface area (Å²) in [6.45, 7) is 5.18. The van der Waals surface area contributed by atoms with E-state index >= 15 is 0 Å². The average molecular weight is 279 g/mol. The van der Waals surface area contributed by atoms with E-state index in [2.05, 4.69) is 24.4 Å². The fraction of sp³-hybridized carbons (Fsp3) is 0.625. The van der Waals surface area contributed by atoms with E-state index in [1.165, 1.54) is 5.56 Å². The number of methoxy groups -OCH3 is 1. The Hall–Kier alpha value is -1.10. The number of hydrogen-bond donors (Lipinski definition) is 1. The van der Waals surface area contributed by atoms with Gasteiger partial charge in [0.25, 0.3) is 0 Å². The molecule has 0 spiro atoms. The van der Waals surface area contributed by atoms with E-state index in [0.717, 1.165) is 38.3 Å². The molecule has 112 valence electrons. The van der Waals surface area contributed by atoms with Crippen LogP contribution in [-0.2, 0) is 16.0 Å². The predicted molar refractivity (Wildman–Crippen MR) is 79.1 cm³/mol. The van der Waals surface area contributed by atoms with Gasteiger partial charge in [-0.05, 0) is 37.5 Å². The smallest absolute Gasteiger partial charge is 0.119 e. The van der Waals surface area contributed by atoms with Crippen LogP contribution < -0.4 is 10.1 Å². The molecule has 1 aliphatic rings. The summed E-state index contributed by atoms with van der Waals surface area (Å²) in [6, 6.07) is 8.21. The Morgan fingerprint density at radius 1 is 1.35 bits per heavy atom. The van der Waals surface area contributed by atoms with Gasteiger partial charge in [-0.1, -0.05) is 12.1 Å². The van der Waals surface area contributed by atoms with Gasteiger partial charge in [-0.25, -0.2) is 0 Å². The zero-order valence-corrected chi connectivity index (χ0v) is 12.4. The van der Waals surface area contributed by atoms with Crippen LogP contribution in [0.3, 0.4) is 0 Å². The molecular formula is C16H25NO3. The standard InChI is InChI=1S/C16H25NO3/c1-13-6-7-16(20-13)12-19-15-5-3-4-14(10-15)11-17-8-9-18-2/h3-5,10,13,16-17H,6-9,11-12H2,1-2H3. The molecule has 4 nitrogen and oxygen atoms in total. The second kappa shape index (κ2) is 8.25. The predicted octanol–water partition coefficient (Wildman–Crippen LogP) is 2.37. The lowest BCUT2D eigenvalue weighted by Crippen LogP contribution is -2.19. The summed E-state index contributed by atoms with van der Waals surface area (Å²) in [5.74, 6) is 0.916. The van der Waals surface area contributed by atoms with Crippen LogP contribution in [0, 0.1) is 0 Å². The van der Waals surface area contributed by atoms with E-state index in [1.807, 2.05) is 12.1 Å². The highest BCUT2D eigenvalue weighted by Gasteiger charge is 2.22. The minimum Gasteiger partial charge on any atom is -0.491 e. The fourth-order valence-electron chi connectivity index (χ4n) is 2.35. The summed E-state index contributed by atoms with van der Waals surface area (Å²) in [7, 11) is 1.71. The third-order valence-electron chi connectivity index (χ3n) is 3.47. The number of benzene rings is 1. The molecule has 2 atom stereocenters. The highest BCUT2D eigenvalue weighted by Crippen LogP contribution is 2.21. The molecule has 2 rings (SSSR count). The summed E-state index contributed by atoms with van der Waals surface area (Å²) < 4.78 is 16.6. The Balaban J connectivity index is 1.74. The third-order valence-corrected chi connectivity index (χ3v) is 3.47. The lowest BCUT2D eigenvalue weighted by Gasteiger charge is -2.13. The number of ether oxygens (including phenoxy) is 3. The monoisotopic (exact) mass is 279 g/mol. The minimum absolute atomic E-state index is 0.244. The highest BCUT2D eigenvalue weighted by atomic mass is 16.5. The Morgan fingerprint density at radius 3 is 3.00 bits per heavy atom. The average Bonchev–Trinajstić information content (AvgIpc) is 2.88. The van der Waals surface area contributed by atoms with Crippen molar-refractivity contribution in [3.63, 3.8) is 0 Å². The second-order valence-electron chi connectivity index (χ2n) is 5.27. The van der Waals surface area contributed by atoms with Crippen molar-refractivity contribution in [2.24, 2.45) is 0 Å². The van der Waals surface area contributed by atoms with Gasteiger partial charge in [-0.3, -0.25) is 0 Å². The first-order chi connectivity index (χ1) is 9.78. The zero-order chi connectivity index (χ0) is 14.2. The van der Waals surface area contributed by atoms with Crippen LogP contribution in [0.1, 0.15) is 25.3 Å². The van der Waals surface area contributed by atoms with Gasteiger partial charge in [-0.15, -0.1) is 0 Å². The van der Waals surface area contributed by atoms with Crippen molar-refractivity contribution >= 4 is 0 Å². The first kappa shape index (κ1) is 15.3. The van der Waals surface area contributed by atoms with Crippen molar-refractivity contribution in [3.05, 3.63) is 29.8 Å². The van der Waals surface area contributed by atoms with Gasteiger partial charge in [0, 0.05) is 20.2 Å². The van der Waals surface area contributed by atoms with Gasteiger partial charge >= 0.3 is 0 Å². The van der Waals surface area contributed by atoms with Crippen molar-refractivity contribution in [2.75, 3.05) is 26.9 Å². The molecular weight excluding hydrogens is 254 g/mol. The Kier molecular flexibility index (Phi) is 6.30. The van der Waals surface area contributed by atoms with Gasteiger partial charge < -0.3 is 19.5 Å². The molecule has 0 radical (unpaired) electrons. The van der Waals surface area contributed by atoms with Crippen LogP contribution in [0.5, 0.6) is 5.75 Å². The first-order valence-electron chi connectivity index (χ1n) is 7.35.